The van der Waals surface area contributed by atoms with Gasteiger partial charge in [-0.1, -0.05) is 23.7 Å². The van der Waals surface area contributed by atoms with Crippen molar-refractivity contribution in [3.8, 4) is 5.75 Å². The van der Waals surface area contributed by atoms with E-state index < -0.39 is 11.8 Å². The second-order valence-electron chi connectivity index (χ2n) is 5.03. The van der Waals surface area contributed by atoms with Gasteiger partial charge in [-0.15, -0.1) is 0 Å². The molecule has 2 amide bonds. The quantitative estimate of drug-likeness (QED) is 0.492. The lowest BCUT2D eigenvalue weighted by atomic mass is 10.1. The summed E-state index contributed by atoms with van der Waals surface area (Å²) < 4.78 is 0. The van der Waals surface area contributed by atoms with E-state index in [4.69, 9.17) is 23.8 Å². The number of nitrogens with zero attached hydrogens (tertiary/aromatic N) is 1. The number of hydrogen-bond acceptors (Lipinski definition) is 4. The molecule has 24 heavy (non-hydrogen) atoms. The van der Waals surface area contributed by atoms with Crippen LogP contribution < -0.4 is 10.2 Å². The van der Waals surface area contributed by atoms with Crippen molar-refractivity contribution in [2.75, 3.05) is 4.90 Å². The van der Waals surface area contributed by atoms with Crippen LogP contribution in [0.5, 0.6) is 5.75 Å². The molecule has 0 saturated carbocycles. The van der Waals surface area contributed by atoms with Crippen LogP contribution in [-0.4, -0.2) is 22.0 Å². The number of amides is 2. The third kappa shape index (κ3) is 3.15. The fourth-order valence-electron chi connectivity index (χ4n) is 2.26. The van der Waals surface area contributed by atoms with E-state index in [2.05, 4.69) is 5.32 Å². The lowest BCUT2D eigenvalue weighted by Gasteiger charge is -2.28. The minimum atomic E-state index is -0.585. The molecule has 0 unspecified atom stereocenters. The molecule has 2 aromatic rings. The van der Waals surface area contributed by atoms with Gasteiger partial charge in [0.15, 0.2) is 5.11 Å². The Morgan fingerprint density at radius 1 is 1.12 bits per heavy atom. The molecule has 120 valence electrons. The normalized spacial score (nSPS) is 16.5. The SMILES string of the molecule is O=C1NC(=S)N(c2ccc(Cl)cc2)C(=O)/C1=C/c1cccc(O)c1. The number of phenolic OH excluding ortho intramolecular Hbond substituents is 1. The van der Waals surface area contributed by atoms with Crippen LogP contribution in [-0.2, 0) is 9.59 Å². The van der Waals surface area contributed by atoms with E-state index in [0.717, 1.165) is 0 Å². The van der Waals surface area contributed by atoms with Gasteiger partial charge in [0.05, 0.1) is 5.69 Å². The number of halogens is 1. The highest BCUT2D eigenvalue weighted by molar-refractivity contribution is 7.80. The van der Waals surface area contributed by atoms with Gasteiger partial charge in [-0.05, 0) is 60.3 Å². The molecular formula is C17H11ClN2O3S. The summed E-state index contributed by atoms with van der Waals surface area (Å²) in [5.41, 5.74) is 0.942. The van der Waals surface area contributed by atoms with Gasteiger partial charge in [-0.2, -0.15) is 0 Å². The Kier molecular flexibility index (Phi) is 4.33. The first-order valence-corrected chi connectivity index (χ1v) is 7.70. The summed E-state index contributed by atoms with van der Waals surface area (Å²) in [4.78, 5) is 26.1. The van der Waals surface area contributed by atoms with Crippen molar-refractivity contribution in [1.82, 2.24) is 5.32 Å². The summed E-state index contributed by atoms with van der Waals surface area (Å²) in [7, 11) is 0. The van der Waals surface area contributed by atoms with Gasteiger partial charge in [0.25, 0.3) is 11.8 Å². The Balaban J connectivity index is 2.01. The molecule has 0 atom stereocenters. The van der Waals surface area contributed by atoms with Crippen molar-refractivity contribution in [3.63, 3.8) is 0 Å². The Labute approximate surface area is 148 Å². The molecular weight excluding hydrogens is 348 g/mol. The summed E-state index contributed by atoms with van der Waals surface area (Å²) in [5, 5.41) is 12.5. The smallest absolute Gasteiger partial charge is 0.270 e. The molecule has 0 aliphatic carbocycles. The molecule has 2 aromatic carbocycles. The standard InChI is InChI=1S/C17H11ClN2O3S/c18-11-4-6-12(7-5-11)20-16(23)14(15(22)19-17(20)24)9-10-2-1-3-13(21)8-10/h1-9,21H,(H,19,22,24)/b14-9+. The maximum atomic E-state index is 12.7. The van der Waals surface area contributed by atoms with Gasteiger partial charge in [-0.3, -0.25) is 19.8 Å². The van der Waals surface area contributed by atoms with Crippen LogP contribution in [0.2, 0.25) is 5.02 Å². The molecule has 1 aliphatic heterocycles. The molecule has 1 aliphatic rings. The van der Waals surface area contributed by atoms with E-state index in [1.165, 1.54) is 23.1 Å². The van der Waals surface area contributed by atoms with Crippen LogP contribution in [0.1, 0.15) is 5.56 Å². The predicted octanol–water partition coefficient (Wildman–Crippen LogP) is 2.88. The highest BCUT2D eigenvalue weighted by Crippen LogP contribution is 2.24. The lowest BCUT2D eigenvalue weighted by Crippen LogP contribution is -2.54. The maximum absolute atomic E-state index is 12.7. The molecule has 2 N–H and O–H groups in total. The van der Waals surface area contributed by atoms with Gasteiger partial charge in [0.1, 0.15) is 11.3 Å². The highest BCUT2D eigenvalue weighted by atomic mass is 35.5. The van der Waals surface area contributed by atoms with Crippen LogP contribution in [0.4, 0.5) is 5.69 Å². The molecule has 0 bridgehead atoms. The van der Waals surface area contributed by atoms with E-state index in [1.54, 1.807) is 36.4 Å². The van der Waals surface area contributed by atoms with Crippen molar-refractivity contribution in [1.29, 1.82) is 0 Å². The molecule has 0 radical (unpaired) electrons. The minimum absolute atomic E-state index is 0.000353. The molecule has 1 fully saturated rings. The number of phenols is 1. The number of anilines is 1. The van der Waals surface area contributed by atoms with Crippen molar-refractivity contribution in [2.45, 2.75) is 0 Å². The fraction of sp³-hybridized carbons (Fsp3) is 0. The highest BCUT2D eigenvalue weighted by Gasteiger charge is 2.34. The Bertz CT molecular complexity index is 878. The number of carbonyl (C=O) groups excluding carboxylic acids is 2. The minimum Gasteiger partial charge on any atom is -0.508 e. The van der Waals surface area contributed by atoms with Gasteiger partial charge < -0.3 is 5.11 Å². The van der Waals surface area contributed by atoms with Crippen molar-refractivity contribution in [2.24, 2.45) is 0 Å². The van der Waals surface area contributed by atoms with Gasteiger partial charge >= 0.3 is 0 Å². The number of thiocarbonyl (C=S) groups is 1. The van der Waals surface area contributed by atoms with Gasteiger partial charge in [0, 0.05) is 5.02 Å². The number of aromatic hydroxyl groups is 1. The Morgan fingerprint density at radius 2 is 1.83 bits per heavy atom. The first-order valence-electron chi connectivity index (χ1n) is 6.92. The average Bonchev–Trinajstić information content (AvgIpc) is 2.53. The molecule has 7 heteroatoms. The summed E-state index contributed by atoms with van der Waals surface area (Å²) in [6.45, 7) is 0. The Morgan fingerprint density at radius 3 is 2.50 bits per heavy atom. The Hall–Kier alpha value is -2.70. The second kappa shape index (κ2) is 6.43. The van der Waals surface area contributed by atoms with E-state index in [-0.39, 0.29) is 16.4 Å². The topological polar surface area (TPSA) is 69.6 Å². The molecule has 0 aromatic heterocycles. The summed E-state index contributed by atoms with van der Waals surface area (Å²) >= 11 is 11.0. The first kappa shape index (κ1) is 16.2. The van der Waals surface area contributed by atoms with E-state index >= 15 is 0 Å². The van der Waals surface area contributed by atoms with Crippen molar-refractivity contribution >= 4 is 52.5 Å². The third-order valence-electron chi connectivity index (χ3n) is 3.37. The van der Waals surface area contributed by atoms with Gasteiger partial charge in [0.2, 0.25) is 0 Å². The molecule has 1 saturated heterocycles. The average molecular weight is 359 g/mol. The summed E-state index contributed by atoms with van der Waals surface area (Å²) in [6, 6.07) is 12.8. The fourth-order valence-corrected chi connectivity index (χ4v) is 2.67. The predicted molar refractivity (Wildman–Crippen MR) is 95.8 cm³/mol. The van der Waals surface area contributed by atoms with Crippen LogP contribution in [0.15, 0.2) is 54.1 Å². The third-order valence-corrected chi connectivity index (χ3v) is 3.90. The molecule has 1 heterocycles. The summed E-state index contributed by atoms with van der Waals surface area (Å²) in [6.07, 6.45) is 1.40. The first-order chi connectivity index (χ1) is 11.5. The van der Waals surface area contributed by atoms with E-state index in [0.29, 0.717) is 16.3 Å². The summed E-state index contributed by atoms with van der Waals surface area (Å²) in [5.74, 6) is -1.09. The second-order valence-corrected chi connectivity index (χ2v) is 5.85. The van der Waals surface area contributed by atoms with Crippen molar-refractivity contribution in [3.05, 3.63) is 64.7 Å². The van der Waals surface area contributed by atoms with Gasteiger partial charge in [-0.25, -0.2) is 0 Å². The number of rotatable bonds is 2. The van der Waals surface area contributed by atoms with Crippen LogP contribution in [0, 0.1) is 0 Å². The zero-order valence-electron chi connectivity index (χ0n) is 12.2. The molecule has 0 spiro atoms. The van der Waals surface area contributed by atoms with Crippen molar-refractivity contribution < 1.29 is 14.7 Å². The largest absolute Gasteiger partial charge is 0.508 e. The van der Waals surface area contributed by atoms with E-state index in [9.17, 15) is 14.7 Å². The zero-order chi connectivity index (χ0) is 17.3. The number of nitrogens with one attached hydrogen (secondary N) is 1. The monoisotopic (exact) mass is 358 g/mol. The number of hydrogen-bond donors (Lipinski definition) is 2. The molecule has 3 rings (SSSR count). The maximum Gasteiger partial charge on any atom is 0.270 e. The van der Waals surface area contributed by atoms with E-state index in [1.807, 2.05) is 0 Å². The molecule has 5 nitrogen and oxygen atoms in total. The lowest BCUT2D eigenvalue weighted by molar-refractivity contribution is -0.122. The number of benzene rings is 2. The zero-order valence-corrected chi connectivity index (χ0v) is 13.8. The van der Waals surface area contributed by atoms with Crippen LogP contribution >= 0.6 is 23.8 Å². The van der Waals surface area contributed by atoms with Crippen LogP contribution in [0.25, 0.3) is 6.08 Å². The van der Waals surface area contributed by atoms with Crippen LogP contribution in [0.3, 0.4) is 0 Å². The number of carbonyl (C=O) groups is 2.